The van der Waals surface area contributed by atoms with Gasteiger partial charge in [-0.05, 0) is 40.7 Å². The van der Waals surface area contributed by atoms with Crippen LogP contribution in [0.1, 0.15) is 47.6 Å². The van der Waals surface area contributed by atoms with Gasteiger partial charge in [-0.2, -0.15) is 0 Å². The van der Waals surface area contributed by atoms with Crippen LogP contribution < -0.4 is 0 Å². The van der Waals surface area contributed by atoms with Gasteiger partial charge in [-0.15, -0.1) is 0 Å². The van der Waals surface area contributed by atoms with Crippen molar-refractivity contribution in [1.82, 2.24) is 0 Å². The molecule has 0 heterocycles. The standard InChI is InChI=1S/C26H26/c1-2-3-15-24-16-10-17-25(20-18-22-11-6-4-7-12-22)26(24)21-19-23-13-8-5-9-14-23/h4-14,16-21H,2-3,15H2,1H3/b20-18+,21-19+. The van der Waals surface area contributed by atoms with Crippen molar-refractivity contribution >= 4 is 24.3 Å². The number of rotatable bonds is 7. The summed E-state index contributed by atoms with van der Waals surface area (Å²) in [5.74, 6) is 0. The maximum atomic E-state index is 2.27. The van der Waals surface area contributed by atoms with Crippen molar-refractivity contribution in [3.8, 4) is 0 Å². The summed E-state index contributed by atoms with van der Waals surface area (Å²) in [6, 6.07) is 27.6. The lowest BCUT2D eigenvalue weighted by Crippen LogP contribution is -1.92. The molecule has 3 aromatic carbocycles. The van der Waals surface area contributed by atoms with E-state index in [-0.39, 0.29) is 0 Å². The van der Waals surface area contributed by atoms with E-state index in [4.69, 9.17) is 0 Å². The van der Waals surface area contributed by atoms with E-state index in [1.165, 1.54) is 40.7 Å². The number of hydrogen-bond donors (Lipinski definition) is 0. The van der Waals surface area contributed by atoms with E-state index in [2.05, 4.69) is 110 Å². The van der Waals surface area contributed by atoms with Crippen LogP contribution in [-0.4, -0.2) is 0 Å². The highest BCUT2D eigenvalue weighted by atomic mass is 14.1. The van der Waals surface area contributed by atoms with Gasteiger partial charge in [-0.25, -0.2) is 0 Å². The summed E-state index contributed by atoms with van der Waals surface area (Å²) in [5, 5.41) is 0. The Bertz CT molecular complexity index is 855. The van der Waals surface area contributed by atoms with Gasteiger partial charge in [0.05, 0.1) is 0 Å². The lowest BCUT2D eigenvalue weighted by atomic mass is 9.95. The van der Waals surface area contributed by atoms with Gasteiger partial charge in [0.25, 0.3) is 0 Å². The molecule has 0 amide bonds. The summed E-state index contributed by atoms with van der Waals surface area (Å²) in [6.07, 6.45) is 12.5. The SMILES string of the molecule is CCCCc1cccc(/C=C/c2ccccc2)c1/C=C/c1ccccc1. The molecule has 0 aromatic heterocycles. The molecule has 0 nitrogen and oxygen atoms in total. The van der Waals surface area contributed by atoms with Crippen LogP contribution in [0, 0.1) is 0 Å². The highest BCUT2D eigenvalue weighted by Gasteiger charge is 2.04. The predicted octanol–water partition coefficient (Wildman–Crippen LogP) is 7.37. The zero-order chi connectivity index (χ0) is 18.0. The van der Waals surface area contributed by atoms with Crippen molar-refractivity contribution in [2.24, 2.45) is 0 Å². The third-order valence-electron chi connectivity index (χ3n) is 4.53. The van der Waals surface area contributed by atoms with E-state index in [1.54, 1.807) is 0 Å². The Morgan fingerprint density at radius 1 is 0.615 bits per heavy atom. The fourth-order valence-corrected chi connectivity index (χ4v) is 3.06. The molecule has 0 spiro atoms. The number of unbranched alkanes of at least 4 members (excludes halogenated alkanes) is 1. The van der Waals surface area contributed by atoms with Crippen molar-refractivity contribution in [2.75, 3.05) is 0 Å². The molecule has 0 radical (unpaired) electrons. The van der Waals surface area contributed by atoms with Crippen molar-refractivity contribution in [3.05, 3.63) is 107 Å². The van der Waals surface area contributed by atoms with Crippen molar-refractivity contribution in [2.45, 2.75) is 26.2 Å². The lowest BCUT2D eigenvalue weighted by Gasteiger charge is -2.10. The average Bonchev–Trinajstić information content (AvgIpc) is 2.71. The highest BCUT2D eigenvalue weighted by molar-refractivity contribution is 5.80. The molecule has 0 aliphatic heterocycles. The van der Waals surface area contributed by atoms with Crippen LogP contribution in [0.3, 0.4) is 0 Å². The summed E-state index contributed by atoms with van der Waals surface area (Å²) in [5.41, 5.74) is 6.49. The molecule has 0 fully saturated rings. The number of benzene rings is 3. The monoisotopic (exact) mass is 338 g/mol. The van der Waals surface area contributed by atoms with Gasteiger partial charge in [0.1, 0.15) is 0 Å². The van der Waals surface area contributed by atoms with E-state index in [0.717, 1.165) is 6.42 Å². The van der Waals surface area contributed by atoms with E-state index in [9.17, 15) is 0 Å². The van der Waals surface area contributed by atoms with Gasteiger partial charge in [0, 0.05) is 0 Å². The molecule has 130 valence electrons. The van der Waals surface area contributed by atoms with Crippen LogP contribution in [0.2, 0.25) is 0 Å². The molecule has 0 aliphatic carbocycles. The van der Waals surface area contributed by atoms with Crippen molar-refractivity contribution < 1.29 is 0 Å². The highest BCUT2D eigenvalue weighted by Crippen LogP contribution is 2.22. The molecule has 0 bridgehead atoms. The van der Waals surface area contributed by atoms with E-state index in [1.807, 2.05) is 0 Å². The van der Waals surface area contributed by atoms with Crippen molar-refractivity contribution in [1.29, 1.82) is 0 Å². The topological polar surface area (TPSA) is 0 Å². The minimum Gasteiger partial charge on any atom is -0.0654 e. The maximum absolute atomic E-state index is 2.27. The molecule has 3 aromatic rings. The Hall–Kier alpha value is -2.86. The summed E-state index contributed by atoms with van der Waals surface area (Å²) in [4.78, 5) is 0. The van der Waals surface area contributed by atoms with Crippen LogP contribution >= 0.6 is 0 Å². The normalized spacial score (nSPS) is 11.4. The van der Waals surface area contributed by atoms with Crippen LogP contribution in [0.4, 0.5) is 0 Å². The molecule has 0 heteroatoms. The van der Waals surface area contributed by atoms with E-state index < -0.39 is 0 Å². The van der Waals surface area contributed by atoms with Crippen LogP contribution in [0.5, 0.6) is 0 Å². The molecule has 0 saturated carbocycles. The summed E-state index contributed by atoms with van der Waals surface area (Å²) in [7, 11) is 0. The molecule has 3 rings (SSSR count). The Morgan fingerprint density at radius 3 is 1.85 bits per heavy atom. The first-order valence-corrected chi connectivity index (χ1v) is 9.45. The third kappa shape index (κ3) is 5.07. The van der Waals surface area contributed by atoms with E-state index >= 15 is 0 Å². The second-order valence-electron chi connectivity index (χ2n) is 6.51. The first-order chi connectivity index (χ1) is 12.9. The van der Waals surface area contributed by atoms with Gasteiger partial charge in [-0.3, -0.25) is 0 Å². The Kier molecular flexibility index (Phi) is 6.61. The third-order valence-corrected chi connectivity index (χ3v) is 4.53. The zero-order valence-electron chi connectivity index (χ0n) is 15.4. The molecule has 0 saturated heterocycles. The van der Waals surface area contributed by atoms with Gasteiger partial charge in [-0.1, -0.05) is 117 Å². The Morgan fingerprint density at radius 2 is 1.23 bits per heavy atom. The molecule has 0 aliphatic rings. The first kappa shape index (κ1) is 17.9. The maximum Gasteiger partial charge on any atom is -0.0152 e. The minimum absolute atomic E-state index is 1.12. The summed E-state index contributed by atoms with van der Waals surface area (Å²) >= 11 is 0. The fraction of sp³-hybridized carbons (Fsp3) is 0.154. The number of hydrogen-bond acceptors (Lipinski definition) is 0. The van der Waals surface area contributed by atoms with Crippen LogP contribution in [0.15, 0.2) is 78.9 Å². The molecular weight excluding hydrogens is 312 g/mol. The summed E-state index contributed by atoms with van der Waals surface area (Å²) < 4.78 is 0. The molecular formula is C26H26. The fourth-order valence-electron chi connectivity index (χ4n) is 3.06. The smallest absolute Gasteiger partial charge is 0.0152 e. The second-order valence-corrected chi connectivity index (χ2v) is 6.51. The largest absolute Gasteiger partial charge is 0.0654 e. The minimum atomic E-state index is 1.12. The zero-order valence-corrected chi connectivity index (χ0v) is 15.4. The summed E-state index contributed by atoms with van der Waals surface area (Å²) in [6.45, 7) is 2.25. The average molecular weight is 338 g/mol. The molecule has 0 atom stereocenters. The first-order valence-electron chi connectivity index (χ1n) is 9.45. The van der Waals surface area contributed by atoms with E-state index in [0.29, 0.717) is 0 Å². The quantitative estimate of drug-likeness (QED) is 0.394. The molecule has 0 N–H and O–H groups in total. The molecule has 26 heavy (non-hydrogen) atoms. The van der Waals surface area contributed by atoms with Gasteiger partial charge < -0.3 is 0 Å². The van der Waals surface area contributed by atoms with Crippen molar-refractivity contribution in [3.63, 3.8) is 0 Å². The Balaban J connectivity index is 1.94. The van der Waals surface area contributed by atoms with Gasteiger partial charge in [0.15, 0.2) is 0 Å². The van der Waals surface area contributed by atoms with Gasteiger partial charge >= 0.3 is 0 Å². The second kappa shape index (κ2) is 9.58. The van der Waals surface area contributed by atoms with Gasteiger partial charge in [0.2, 0.25) is 0 Å². The molecule has 0 unspecified atom stereocenters. The van der Waals surface area contributed by atoms with Crippen LogP contribution in [0.25, 0.3) is 24.3 Å². The predicted molar refractivity (Wildman–Crippen MR) is 116 cm³/mol. The number of aryl methyl sites for hydroxylation is 1. The van der Waals surface area contributed by atoms with Crippen LogP contribution in [-0.2, 0) is 6.42 Å². The lowest BCUT2D eigenvalue weighted by molar-refractivity contribution is 0.794. The Labute approximate surface area is 157 Å².